The molecule has 0 radical (unpaired) electrons. The zero-order valence-electron chi connectivity index (χ0n) is 11.6. The van der Waals surface area contributed by atoms with Gasteiger partial charge in [0.05, 0.1) is 24.1 Å². The quantitative estimate of drug-likeness (QED) is 0.783. The van der Waals surface area contributed by atoms with Crippen molar-refractivity contribution in [2.45, 2.75) is 26.3 Å². The fourth-order valence-corrected chi connectivity index (χ4v) is 3.49. The summed E-state index contributed by atoms with van der Waals surface area (Å²) in [4.78, 5) is 8.22. The third-order valence-electron chi connectivity index (χ3n) is 3.43. The minimum Gasteiger partial charge on any atom is -0.330 e. The first-order valence-corrected chi connectivity index (χ1v) is 8.17. The van der Waals surface area contributed by atoms with Gasteiger partial charge in [-0.1, -0.05) is 0 Å². The normalized spacial score (nSPS) is 21.0. The van der Waals surface area contributed by atoms with Crippen molar-refractivity contribution in [3.05, 3.63) is 23.8 Å². The van der Waals surface area contributed by atoms with Gasteiger partial charge in [-0.05, 0) is 32.2 Å². The molecule has 0 aromatic carbocycles. The predicted octanol–water partition coefficient (Wildman–Crippen LogP) is -0.210. The lowest BCUT2D eigenvalue weighted by Crippen LogP contribution is -2.47. The Bertz CT molecular complexity index is 531. The van der Waals surface area contributed by atoms with E-state index in [9.17, 15) is 8.42 Å². The van der Waals surface area contributed by atoms with Crippen molar-refractivity contribution in [2.75, 3.05) is 19.6 Å². The van der Waals surface area contributed by atoms with Gasteiger partial charge in [-0.25, -0.2) is 0 Å². The highest BCUT2D eigenvalue weighted by Gasteiger charge is 2.27. The number of rotatable bonds is 5. The van der Waals surface area contributed by atoms with Crippen LogP contribution in [0, 0.1) is 12.8 Å². The van der Waals surface area contributed by atoms with E-state index in [1.807, 2.05) is 6.92 Å². The SMILES string of the molecule is Cc1cnc(CNS(=O)(=O)N2CCCC(CN)C2)cn1. The molecule has 1 aromatic rings. The van der Waals surface area contributed by atoms with Crippen LogP contribution in [-0.2, 0) is 16.8 Å². The lowest BCUT2D eigenvalue weighted by atomic mass is 10.0. The molecular weight excluding hydrogens is 278 g/mol. The van der Waals surface area contributed by atoms with Crippen molar-refractivity contribution in [1.82, 2.24) is 19.0 Å². The Morgan fingerprint density at radius 3 is 2.90 bits per heavy atom. The Hall–Kier alpha value is -1.09. The number of nitrogens with two attached hydrogens (primary N) is 1. The van der Waals surface area contributed by atoms with Gasteiger partial charge in [0, 0.05) is 19.3 Å². The number of aryl methyl sites for hydroxylation is 1. The molecule has 3 N–H and O–H groups in total. The molecular formula is C12H21N5O2S. The van der Waals surface area contributed by atoms with Gasteiger partial charge >= 0.3 is 0 Å². The third kappa shape index (κ3) is 3.95. The van der Waals surface area contributed by atoms with E-state index in [0.717, 1.165) is 18.5 Å². The summed E-state index contributed by atoms with van der Waals surface area (Å²) in [6, 6.07) is 0. The number of hydrogen-bond donors (Lipinski definition) is 2. The van der Waals surface area contributed by atoms with Crippen LogP contribution < -0.4 is 10.5 Å². The van der Waals surface area contributed by atoms with Crippen molar-refractivity contribution in [3.8, 4) is 0 Å². The van der Waals surface area contributed by atoms with Crippen molar-refractivity contribution in [1.29, 1.82) is 0 Å². The van der Waals surface area contributed by atoms with Gasteiger partial charge in [-0.15, -0.1) is 0 Å². The second-order valence-electron chi connectivity index (χ2n) is 5.08. The summed E-state index contributed by atoms with van der Waals surface area (Å²) in [5.74, 6) is 0.250. The molecule has 1 unspecified atom stereocenters. The summed E-state index contributed by atoms with van der Waals surface area (Å²) in [6.07, 6.45) is 5.05. The highest BCUT2D eigenvalue weighted by atomic mass is 32.2. The van der Waals surface area contributed by atoms with Gasteiger partial charge in [0.25, 0.3) is 10.2 Å². The zero-order chi connectivity index (χ0) is 14.6. The Kier molecular flexibility index (Phi) is 5.03. The van der Waals surface area contributed by atoms with Crippen LogP contribution in [-0.4, -0.2) is 42.3 Å². The molecule has 0 aliphatic carbocycles. The van der Waals surface area contributed by atoms with Gasteiger partial charge in [0.2, 0.25) is 0 Å². The van der Waals surface area contributed by atoms with Crippen molar-refractivity contribution < 1.29 is 8.42 Å². The molecule has 1 aliphatic rings. The molecule has 0 amide bonds. The molecule has 1 aromatic heterocycles. The number of piperidine rings is 1. The maximum Gasteiger partial charge on any atom is 0.279 e. The van der Waals surface area contributed by atoms with E-state index in [1.165, 1.54) is 4.31 Å². The number of aromatic nitrogens is 2. The standard InChI is InChI=1S/C12H21N5O2S/c1-10-6-15-12(7-14-10)8-16-20(18,19)17-4-2-3-11(5-13)9-17/h6-7,11,16H,2-5,8-9,13H2,1H3. The Morgan fingerprint density at radius 1 is 1.45 bits per heavy atom. The summed E-state index contributed by atoms with van der Waals surface area (Å²) in [5, 5.41) is 0. The van der Waals surface area contributed by atoms with Gasteiger partial charge in [0.1, 0.15) is 0 Å². The van der Waals surface area contributed by atoms with E-state index < -0.39 is 10.2 Å². The first-order valence-electron chi connectivity index (χ1n) is 6.73. The number of hydrogen-bond acceptors (Lipinski definition) is 5. The first-order chi connectivity index (χ1) is 9.51. The van der Waals surface area contributed by atoms with Gasteiger partial charge in [-0.3, -0.25) is 9.97 Å². The number of nitrogens with zero attached hydrogens (tertiary/aromatic N) is 3. The largest absolute Gasteiger partial charge is 0.330 e. The summed E-state index contributed by atoms with van der Waals surface area (Å²) < 4.78 is 28.5. The summed E-state index contributed by atoms with van der Waals surface area (Å²) >= 11 is 0. The van der Waals surface area contributed by atoms with Crippen molar-refractivity contribution in [3.63, 3.8) is 0 Å². The fraction of sp³-hybridized carbons (Fsp3) is 0.667. The van der Waals surface area contributed by atoms with E-state index in [2.05, 4.69) is 14.7 Å². The summed E-state index contributed by atoms with van der Waals surface area (Å²) in [6.45, 7) is 3.55. The van der Waals surface area contributed by atoms with Gasteiger partial charge < -0.3 is 5.73 Å². The molecule has 0 saturated carbocycles. The smallest absolute Gasteiger partial charge is 0.279 e. The second-order valence-corrected chi connectivity index (χ2v) is 6.83. The van der Waals surface area contributed by atoms with Crippen LogP contribution in [0.3, 0.4) is 0 Å². The minimum atomic E-state index is -3.47. The molecule has 1 atom stereocenters. The maximum absolute atomic E-state index is 12.2. The Morgan fingerprint density at radius 2 is 2.25 bits per heavy atom. The van der Waals surface area contributed by atoms with Crippen LogP contribution in [0.5, 0.6) is 0 Å². The zero-order valence-corrected chi connectivity index (χ0v) is 12.4. The molecule has 2 rings (SSSR count). The van der Waals surface area contributed by atoms with Crippen LogP contribution in [0.25, 0.3) is 0 Å². The third-order valence-corrected chi connectivity index (χ3v) is 4.95. The van der Waals surface area contributed by atoms with Crippen LogP contribution in [0.15, 0.2) is 12.4 Å². The van der Waals surface area contributed by atoms with E-state index in [0.29, 0.717) is 25.3 Å². The van der Waals surface area contributed by atoms with Gasteiger partial charge in [-0.2, -0.15) is 17.4 Å². The van der Waals surface area contributed by atoms with E-state index in [1.54, 1.807) is 12.4 Å². The Balaban J connectivity index is 1.95. The lowest BCUT2D eigenvalue weighted by molar-refractivity contribution is 0.268. The topological polar surface area (TPSA) is 101 Å². The van der Waals surface area contributed by atoms with Crippen molar-refractivity contribution in [2.24, 2.45) is 11.7 Å². The molecule has 0 bridgehead atoms. The second kappa shape index (κ2) is 6.57. The highest BCUT2D eigenvalue weighted by Crippen LogP contribution is 2.17. The molecule has 1 fully saturated rings. The monoisotopic (exact) mass is 299 g/mol. The maximum atomic E-state index is 12.2. The molecule has 8 heteroatoms. The van der Waals surface area contributed by atoms with Crippen LogP contribution in [0.4, 0.5) is 0 Å². The summed E-state index contributed by atoms with van der Waals surface area (Å²) in [7, 11) is -3.47. The molecule has 0 spiro atoms. The molecule has 1 aliphatic heterocycles. The summed E-state index contributed by atoms with van der Waals surface area (Å²) in [5.41, 5.74) is 7.04. The van der Waals surface area contributed by atoms with Crippen molar-refractivity contribution >= 4 is 10.2 Å². The van der Waals surface area contributed by atoms with E-state index in [-0.39, 0.29) is 12.5 Å². The van der Waals surface area contributed by atoms with Crippen LogP contribution in [0.1, 0.15) is 24.2 Å². The van der Waals surface area contributed by atoms with Crippen LogP contribution >= 0.6 is 0 Å². The molecule has 20 heavy (non-hydrogen) atoms. The van der Waals surface area contributed by atoms with Crippen LogP contribution in [0.2, 0.25) is 0 Å². The van der Waals surface area contributed by atoms with Gasteiger partial charge in [0.15, 0.2) is 0 Å². The molecule has 2 heterocycles. The Labute approximate surface area is 119 Å². The predicted molar refractivity (Wildman–Crippen MR) is 75.9 cm³/mol. The number of nitrogens with one attached hydrogen (secondary N) is 1. The lowest BCUT2D eigenvalue weighted by Gasteiger charge is -2.31. The highest BCUT2D eigenvalue weighted by molar-refractivity contribution is 7.87. The minimum absolute atomic E-state index is 0.152. The molecule has 1 saturated heterocycles. The van der Waals surface area contributed by atoms with E-state index >= 15 is 0 Å². The molecule has 7 nitrogen and oxygen atoms in total. The average Bonchev–Trinajstić information content (AvgIpc) is 2.47. The fourth-order valence-electron chi connectivity index (χ4n) is 2.20. The first kappa shape index (κ1) is 15.3. The molecule has 112 valence electrons. The van der Waals surface area contributed by atoms with E-state index in [4.69, 9.17) is 5.73 Å². The average molecular weight is 299 g/mol.